The maximum atomic E-state index is 14.2. The molecule has 4 aromatic carbocycles. The van der Waals surface area contributed by atoms with Crippen LogP contribution in [0.3, 0.4) is 0 Å². The van der Waals surface area contributed by atoms with Crippen LogP contribution in [-0.4, -0.2) is 43.8 Å². The number of carbonyl (C=O) groups is 2. The van der Waals surface area contributed by atoms with E-state index in [1.54, 1.807) is 60.7 Å². The van der Waals surface area contributed by atoms with E-state index in [2.05, 4.69) is 5.32 Å². The van der Waals surface area contributed by atoms with Crippen LogP contribution in [0.4, 0.5) is 5.69 Å². The number of ether oxygens (including phenoxy) is 1. The maximum absolute atomic E-state index is 14.2. The second-order valence-electron chi connectivity index (χ2n) is 11.0. The highest BCUT2D eigenvalue weighted by molar-refractivity contribution is 7.92. The average molecular weight is 648 g/mol. The first-order valence-corrected chi connectivity index (χ1v) is 16.6. The first kappa shape index (κ1) is 33.6. The summed E-state index contributed by atoms with van der Waals surface area (Å²) in [5.41, 5.74) is 1.92. The summed E-state index contributed by atoms with van der Waals surface area (Å²) in [5.74, 6) is 0.290. The zero-order valence-electron chi connectivity index (χ0n) is 25.8. The molecule has 0 aliphatic heterocycles. The molecular formula is C35H38ClN3O5S. The van der Waals surface area contributed by atoms with E-state index in [9.17, 15) is 18.0 Å². The molecule has 0 saturated heterocycles. The SMILES string of the molecule is CC[C@@H](C(=O)NC(C)C)N(Cc1ccc(Cl)cc1)C(=O)CN(c1ccc(Oc2ccccc2)cc1)S(=O)(=O)c1ccc(C)cc1. The highest BCUT2D eigenvalue weighted by atomic mass is 35.5. The number of rotatable bonds is 13. The molecule has 1 N–H and O–H groups in total. The number of nitrogens with one attached hydrogen (secondary N) is 1. The Labute approximate surface area is 270 Å². The van der Waals surface area contributed by atoms with Crippen molar-refractivity contribution in [2.24, 2.45) is 0 Å². The van der Waals surface area contributed by atoms with E-state index >= 15 is 0 Å². The molecule has 0 unspecified atom stereocenters. The molecule has 0 aromatic heterocycles. The number of aryl methyl sites for hydroxylation is 1. The van der Waals surface area contributed by atoms with Crippen molar-refractivity contribution in [1.82, 2.24) is 10.2 Å². The fraction of sp³-hybridized carbons (Fsp3) is 0.257. The van der Waals surface area contributed by atoms with Crippen LogP contribution in [0.2, 0.25) is 5.02 Å². The molecule has 8 nitrogen and oxygen atoms in total. The molecule has 0 radical (unpaired) electrons. The summed E-state index contributed by atoms with van der Waals surface area (Å²) in [7, 11) is -4.19. The van der Waals surface area contributed by atoms with Crippen LogP contribution in [-0.2, 0) is 26.2 Å². The monoisotopic (exact) mass is 647 g/mol. The van der Waals surface area contributed by atoms with E-state index in [-0.39, 0.29) is 29.1 Å². The van der Waals surface area contributed by atoms with Crippen molar-refractivity contribution >= 4 is 39.1 Å². The third kappa shape index (κ3) is 8.86. The number of anilines is 1. The van der Waals surface area contributed by atoms with Crippen LogP contribution >= 0.6 is 11.6 Å². The number of sulfonamides is 1. The number of benzene rings is 4. The van der Waals surface area contributed by atoms with Crippen LogP contribution in [0.15, 0.2) is 108 Å². The molecule has 0 fully saturated rings. The summed E-state index contributed by atoms with van der Waals surface area (Å²) in [5, 5.41) is 3.44. The average Bonchev–Trinajstić information content (AvgIpc) is 3.01. The summed E-state index contributed by atoms with van der Waals surface area (Å²) >= 11 is 6.09. The fourth-order valence-corrected chi connectivity index (χ4v) is 6.30. The van der Waals surface area contributed by atoms with E-state index < -0.39 is 28.5 Å². The number of para-hydroxylation sites is 1. The number of halogens is 1. The van der Waals surface area contributed by atoms with Gasteiger partial charge in [-0.1, -0.05) is 66.6 Å². The van der Waals surface area contributed by atoms with Crippen LogP contribution in [0.1, 0.15) is 38.3 Å². The topological polar surface area (TPSA) is 96.0 Å². The molecule has 0 heterocycles. The summed E-state index contributed by atoms with van der Waals surface area (Å²) < 4.78 is 35.2. The van der Waals surface area contributed by atoms with Gasteiger partial charge in [-0.05, 0) is 93.4 Å². The van der Waals surface area contributed by atoms with Gasteiger partial charge in [-0.2, -0.15) is 0 Å². The van der Waals surface area contributed by atoms with Gasteiger partial charge in [-0.3, -0.25) is 13.9 Å². The lowest BCUT2D eigenvalue weighted by Gasteiger charge is -2.33. The Bertz CT molecular complexity index is 1680. The van der Waals surface area contributed by atoms with Gasteiger partial charge in [-0.25, -0.2) is 8.42 Å². The minimum absolute atomic E-state index is 0.0411. The first-order chi connectivity index (χ1) is 21.5. The number of hydrogen-bond acceptors (Lipinski definition) is 5. The molecule has 10 heteroatoms. The van der Waals surface area contributed by atoms with Gasteiger partial charge >= 0.3 is 0 Å². The molecule has 0 bridgehead atoms. The van der Waals surface area contributed by atoms with Crippen molar-refractivity contribution < 1.29 is 22.7 Å². The Morgan fingerprint density at radius 3 is 2.02 bits per heavy atom. The Kier molecular flexibility index (Phi) is 11.3. The van der Waals surface area contributed by atoms with Crippen molar-refractivity contribution in [2.45, 2.75) is 57.6 Å². The van der Waals surface area contributed by atoms with Crippen molar-refractivity contribution in [2.75, 3.05) is 10.8 Å². The van der Waals surface area contributed by atoms with Crippen LogP contribution < -0.4 is 14.4 Å². The third-order valence-corrected chi connectivity index (χ3v) is 9.11. The van der Waals surface area contributed by atoms with E-state index in [0.717, 1.165) is 15.4 Å². The molecule has 236 valence electrons. The summed E-state index contributed by atoms with van der Waals surface area (Å²) in [6.07, 6.45) is 0.327. The standard InChI is InChI=1S/C35H38ClN3O5S/c1-5-33(35(41)37-25(2)3)38(23-27-13-15-28(36)16-14-27)34(40)24-39(45(42,43)32-21-11-26(4)12-22-32)29-17-19-31(20-18-29)44-30-9-7-6-8-10-30/h6-22,25,33H,5,23-24H2,1-4H3,(H,37,41)/t33-/m0/s1. The van der Waals surface area contributed by atoms with Gasteiger partial charge in [0.2, 0.25) is 11.8 Å². The highest BCUT2D eigenvalue weighted by Crippen LogP contribution is 2.29. The molecule has 0 aliphatic carbocycles. The summed E-state index contributed by atoms with van der Waals surface area (Å²) in [4.78, 5) is 29.0. The predicted octanol–water partition coefficient (Wildman–Crippen LogP) is 6.97. The fourth-order valence-electron chi connectivity index (χ4n) is 4.76. The van der Waals surface area contributed by atoms with Crippen molar-refractivity contribution in [3.05, 3.63) is 119 Å². The van der Waals surface area contributed by atoms with Crippen LogP contribution in [0.25, 0.3) is 0 Å². The third-order valence-electron chi connectivity index (χ3n) is 7.07. The minimum Gasteiger partial charge on any atom is -0.457 e. The van der Waals surface area contributed by atoms with Gasteiger partial charge in [0.25, 0.3) is 10.0 Å². The van der Waals surface area contributed by atoms with Gasteiger partial charge < -0.3 is 15.0 Å². The smallest absolute Gasteiger partial charge is 0.264 e. The van der Waals surface area contributed by atoms with E-state index in [4.69, 9.17) is 16.3 Å². The lowest BCUT2D eigenvalue weighted by atomic mass is 10.1. The number of amides is 2. The summed E-state index contributed by atoms with van der Waals surface area (Å²) in [6, 6.07) is 28.2. The Hall–Kier alpha value is -4.34. The number of nitrogens with zero attached hydrogens (tertiary/aromatic N) is 2. The van der Waals surface area contributed by atoms with Crippen molar-refractivity contribution in [3.8, 4) is 11.5 Å². The van der Waals surface area contributed by atoms with Crippen molar-refractivity contribution in [3.63, 3.8) is 0 Å². The van der Waals surface area contributed by atoms with E-state index in [0.29, 0.717) is 22.9 Å². The minimum atomic E-state index is -4.19. The maximum Gasteiger partial charge on any atom is 0.264 e. The highest BCUT2D eigenvalue weighted by Gasteiger charge is 2.34. The van der Waals surface area contributed by atoms with Gasteiger partial charge in [0, 0.05) is 17.6 Å². The van der Waals surface area contributed by atoms with E-state index in [1.165, 1.54) is 17.0 Å². The Morgan fingerprint density at radius 1 is 0.844 bits per heavy atom. The van der Waals surface area contributed by atoms with Crippen LogP contribution in [0.5, 0.6) is 11.5 Å². The molecule has 2 amide bonds. The zero-order valence-corrected chi connectivity index (χ0v) is 27.4. The van der Waals surface area contributed by atoms with Crippen molar-refractivity contribution in [1.29, 1.82) is 0 Å². The van der Waals surface area contributed by atoms with Gasteiger partial charge in [-0.15, -0.1) is 0 Å². The van der Waals surface area contributed by atoms with Gasteiger partial charge in [0.15, 0.2) is 0 Å². The largest absolute Gasteiger partial charge is 0.457 e. The van der Waals surface area contributed by atoms with Gasteiger partial charge in [0.1, 0.15) is 24.1 Å². The lowest BCUT2D eigenvalue weighted by molar-refractivity contribution is -0.140. The lowest BCUT2D eigenvalue weighted by Crippen LogP contribution is -2.53. The number of carbonyl (C=O) groups excluding carboxylic acids is 2. The molecular weight excluding hydrogens is 610 g/mol. The predicted molar refractivity (Wildman–Crippen MR) is 178 cm³/mol. The molecule has 0 saturated carbocycles. The quantitative estimate of drug-likeness (QED) is 0.169. The molecule has 45 heavy (non-hydrogen) atoms. The van der Waals surface area contributed by atoms with Gasteiger partial charge in [0.05, 0.1) is 10.6 Å². The zero-order chi connectivity index (χ0) is 32.6. The van der Waals surface area contributed by atoms with Crippen LogP contribution in [0, 0.1) is 6.92 Å². The second-order valence-corrected chi connectivity index (χ2v) is 13.3. The summed E-state index contributed by atoms with van der Waals surface area (Å²) in [6.45, 7) is 6.92. The van der Waals surface area contributed by atoms with E-state index in [1.807, 2.05) is 58.0 Å². The Morgan fingerprint density at radius 2 is 1.44 bits per heavy atom. The first-order valence-electron chi connectivity index (χ1n) is 14.7. The second kappa shape index (κ2) is 15.1. The molecule has 4 rings (SSSR count). The normalized spacial score (nSPS) is 12.0. The molecule has 1 atom stereocenters. The number of hydrogen-bond donors (Lipinski definition) is 1. The Balaban J connectivity index is 1.72. The molecule has 0 aliphatic rings. The molecule has 4 aromatic rings. The molecule has 0 spiro atoms.